The third-order valence-corrected chi connectivity index (χ3v) is 3.12. The molecule has 0 fully saturated rings. The maximum Gasteiger partial charge on any atom is 0.326 e. The second-order valence-corrected chi connectivity index (χ2v) is 4.82. The smallest absolute Gasteiger partial charge is 0.326 e. The van der Waals surface area contributed by atoms with Crippen LogP contribution in [0.2, 0.25) is 0 Å². The molecule has 2 N–H and O–H groups in total. The number of hydrogen-bond acceptors (Lipinski definition) is 4. The van der Waals surface area contributed by atoms with E-state index >= 15 is 0 Å². The number of nitrogens with one attached hydrogen (secondary N) is 1. The molecule has 0 bridgehead atoms. The van der Waals surface area contributed by atoms with Crippen LogP contribution in [0, 0.1) is 6.92 Å². The Kier molecular flexibility index (Phi) is 5.64. The molecule has 98 valence electrons. The zero-order valence-electron chi connectivity index (χ0n) is 10.3. The fourth-order valence-corrected chi connectivity index (χ4v) is 1.93. The van der Waals surface area contributed by atoms with E-state index < -0.39 is 12.0 Å². The first-order chi connectivity index (χ1) is 8.56. The SMILES string of the molecule is CSCC[C@H](NC(=O)c1ccncc1C)C(=O)O. The number of rotatable bonds is 6. The number of pyridine rings is 1. The molecule has 5 nitrogen and oxygen atoms in total. The van der Waals surface area contributed by atoms with Crippen LogP contribution in [0.15, 0.2) is 18.5 Å². The van der Waals surface area contributed by atoms with Crippen LogP contribution in [0.4, 0.5) is 0 Å². The number of carbonyl (C=O) groups is 2. The van der Waals surface area contributed by atoms with Crippen molar-refractivity contribution >= 4 is 23.6 Å². The summed E-state index contributed by atoms with van der Waals surface area (Å²) in [6, 6.07) is 0.732. The fourth-order valence-electron chi connectivity index (χ4n) is 1.46. The number of aryl methyl sites for hydroxylation is 1. The summed E-state index contributed by atoms with van der Waals surface area (Å²) < 4.78 is 0. The van der Waals surface area contributed by atoms with Crippen LogP contribution in [0.3, 0.4) is 0 Å². The van der Waals surface area contributed by atoms with Gasteiger partial charge in [0, 0.05) is 18.0 Å². The van der Waals surface area contributed by atoms with Crippen molar-refractivity contribution in [3.63, 3.8) is 0 Å². The molecule has 1 aromatic rings. The molecule has 1 rings (SSSR count). The van der Waals surface area contributed by atoms with Crippen LogP contribution >= 0.6 is 11.8 Å². The van der Waals surface area contributed by atoms with Gasteiger partial charge in [-0.05, 0) is 37.0 Å². The summed E-state index contributed by atoms with van der Waals surface area (Å²) in [5.41, 5.74) is 1.18. The lowest BCUT2D eigenvalue weighted by Crippen LogP contribution is -2.41. The third-order valence-electron chi connectivity index (χ3n) is 2.48. The summed E-state index contributed by atoms with van der Waals surface area (Å²) in [6.07, 6.45) is 5.40. The molecular formula is C12H16N2O3S. The maximum atomic E-state index is 11.9. The highest BCUT2D eigenvalue weighted by Crippen LogP contribution is 2.07. The number of thioether (sulfide) groups is 1. The lowest BCUT2D eigenvalue weighted by Gasteiger charge is -2.14. The first kappa shape index (κ1) is 14.5. The van der Waals surface area contributed by atoms with E-state index in [0.29, 0.717) is 17.7 Å². The monoisotopic (exact) mass is 268 g/mol. The number of aromatic nitrogens is 1. The number of carboxylic acids is 1. The summed E-state index contributed by atoms with van der Waals surface area (Å²) in [4.78, 5) is 26.8. The normalized spacial score (nSPS) is 11.9. The Labute approximate surface area is 110 Å². The molecular weight excluding hydrogens is 252 g/mol. The molecule has 0 aliphatic rings. The van der Waals surface area contributed by atoms with Gasteiger partial charge in [0.15, 0.2) is 0 Å². The molecule has 0 spiro atoms. The summed E-state index contributed by atoms with van der Waals surface area (Å²) in [5.74, 6) is -0.695. The van der Waals surface area contributed by atoms with E-state index in [4.69, 9.17) is 5.11 Å². The summed E-state index contributed by atoms with van der Waals surface area (Å²) >= 11 is 1.55. The van der Waals surface area contributed by atoms with E-state index in [2.05, 4.69) is 10.3 Å². The third kappa shape index (κ3) is 4.03. The van der Waals surface area contributed by atoms with Crippen molar-refractivity contribution in [1.29, 1.82) is 0 Å². The van der Waals surface area contributed by atoms with E-state index in [1.54, 1.807) is 30.9 Å². The molecule has 1 aromatic heterocycles. The van der Waals surface area contributed by atoms with Gasteiger partial charge in [-0.1, -0.05) is 0 Å². The number of aliphatic carboxylic acids is 1. The molecule has 18 heavy (non-hydrogen) atoms. The maximum absolute atomic E-state index is 11.9. The Balaban J connectivity index is 2.72. The Morgan fingerprint density at radius 2 is 2.28 bits per heavy atom. The molecule has 0 aliphatic carbocycles. The van der Waals surface area contributed by atoms with Gasteiger partial charge in [-0.3, -0.25) is 9.78 Å². The lowest BCUT2D eigenvalue weighted by atomic mass is 10.1. The van der Waals surface area contributed by atoms with Crippen LogP contribution in [0.25, 0.3) is 0 Å². The number of amides is 1. The van der Waals surface area contributed by atoms with Crippen molar-refractivity contribution in [2.75, 3.05) is 12.0 Å². The minimum Gasteiger partial charge on any atom is -0.480 e. The Bertz CT molecular complexity index is 437. The molecule has 1 amide bonds. The van der Waals surface area contributed by atoms with Gasteiger partial charge in [-0.15, -0.1) is 0 Å². The van der Waals surface area contributed by atoms with Crippen LogP contribution in [0.1, 0.15) is 22.3 Å². The largest absolute Gasteiger partial charge is 0.480 e. The molecule has 0 aromatic carbocycles. The molecule has 0 aliphatic heterocycles. The van der Waals surface area contributed by atoms with Gasteiger partial charge >= 0.3 is 5.97 Å². The standard InChI is InChI=1S/C12H16N2O3S/c1-8-7-13-5-3-9(8)11(15)14-10(12(16)17)4-6-18-2/h3,5,7,10H,4,6H2,1-2H3,(H,14,15)(H,16,17)/t10-/m0/s1. The average molecular weight is 268 g/mol. The average Bonchev–Trinajstić information content (AvgIpc) is 2.34. The number of carboxylic acid groups (broad SMARTS) is 1. The number of hydrogen-bond donors (Lipinski definition) is 2. The second kappa shape index (κ2) is 7.00. The quantitative estimate of drug-likeness (QED) is 0.813. The molecule has 1 heterocycles. The fraction of sp³-hybridized carbons (Fsp3) is 0.417. The zero-order valence-corrected chi connectivity index (χ0v) is 11.2. The van der Waals surface area contributed by atoms with Crippen molar-refractivity contribution in [3.05, 3.63) is 29.6 Å². The van der Waals surface area contributed by atoms with Crippen LogP contribution in [-0.4, -0.2) is 40.0 Å². The number of carbonyl (C=O) groups excluding carboxylic acids is 1. The Hall–Kier alpha value is -1.56. The molecule has 0 saturated carbocycles. The summed E-state index contributed by atoms with van der Waals surface area (Å²) in [6.45, 7) is 1.76. The van der Waals surface area contributed by atoms with Gasteiger partial charge in [-0.25, -0.2) is 4.79 Å². The van der Waals surface area contributed by atoms with E-state index in [0.717, 1.165) is 5.56 Å². The van der Waals surface area contributed by atoms with Gasteiger partial charge in [0.25, 0.3) is 5.91 Å². The van der Waals surface area contributed by atoms with E-state index in [-0.39, 0.29) is 5.91 Å². The minimum absolute atomic E-state index is 0.372. The van der Waals surface area contributed by atoms with E-state index in [9.17, 15) is 9.59 Å². The first-order valence-electron chi connectivity index (χ1n) is 5.49. The van der Waals surface area contributed by atoms with E-state index in [1.165, 1.54) is 6.20 Å². The van der Waals surface area contributed by atoms with Crippen LogP contribution in [-0.2, 0) is 4.79 Å². The molecule has 0 radical (unpaired) electrons. The predicted molar refractivity (Wildman–Crippen MR) is 70.9 cm³/mol. The zero-order chi connectivity index (χ0) is 13.5. The topological polar surface area (TPSA) is 79.3 Å². The lowest BCUT2D eigenvalue weighted by molar-refractivity contribution is -0.139. The summed E-state index contributed by atoms with van der Waals surface area (Å²) in [7, 11) is 0. The molecule has 1 atom stereocenters. The highest BCUT2D eigenvalue weighted by molar-refractivity contribution is 7.98. The second-order valence-electron chi connectivity index (χ2n) is 3.84. The van der Waals surface area contributed by atoms with Crippen molar-refractivity contribution in [3.8, 4) is 0 Å². The van der Waals surface area contributed by atoms with Gasteiger partial charge < -0.3 is 10.4 Å². The Morgan fingerprint density at radius 3 is 2.83 bits per heavy atom. The molecule has 6 heteroatoms. The van der Waals surface area contributed by atoms with E-state index in [1.807, 2.05) is 6.26 Å². The number of nitrogens with zero attached hydrogens (tertiary/aromatic N) is 1. The Morgan fingerprint density at radius 1 is 1.56 bits per heavy atom. The molecule has 0 unspecified atom stereocenters. The molecule has 0 saturated heterocycles. The minimum atomic E-state index is -1.01. The first-order valence-corrected chi connectivity index (χ1v) is 6.89. The van der Waals surface area contributed by atoms with Gasteiger partial charge in [0.2, 0.25) is 0 Å². The van der Waals surface area contributed by atoms with Gasteiger partial charge in [0.05, 0.1) is 0 Å². The highest BCUT2D eigenvalue weighted by Gasteiger charge is 2.20. The van der Waals surface area contributed by atoms with Crippen molar-refractivity contribution in [1.82, 2.24) is 10.3 Å². The van der Waals surface area contributed by atoms with Gasteiger partial charge in [0.1, 0.15) is 6.04 Å². The van der Waals surface area contributed by atoms with Crippen molar-refractivity contribution in [2.24, 2.45) is 0 Å². The van der Waals surface area contributed by atoms with Crippen LogP contribution < -0.4 is 5.32 Å². The summed E-state index contributed by atoms with van der Waals surface area (Å²) in [5, 5.41) is 11.6. The van der Waals surface area contributed by atoms with Crippen LogP contribution in [0.5, 0.6) is 0 Å². The van der Waals surface area contributed by atoms with Gasteiger partial charge in [-0.2, -0.15) is 11.8 Å². The predicted octanol–water partition coefficient (Wildman–Crippen LogP) is 1.33. The van der Waals surface area contributed by atoms with Crippen molar-refractivity contribution < 1.29 is 14.7 Å². The van der Waals surface area contributed by atoms with Crippen molar-refractivity contribution in [2.45, 2.75) is 19.4 Å². The highest BCUT2D eigenvalue weighted by atomic mass is 32.2.